The zero-order valence-corrected chi connectivity index (χ0v) is 26.2. The largest absolute Gasteiger partial charge is 0.504 e. The molecule has 4 fully saturated rings. The summed E-state index contributed by atoms with van der Waals surface area (Å²) < 4.78 is 46.3. The SMILES string of the molecule is COc1cc([C@H]2OC[C@H]3[C@@H]2CO[C@@H]3c2ccc(O[C@@H]3O[C@H](CO)[C@@H](O)[C@H](O)[C@H]3O[C@@H]3O[C@H](CO)[C@@H](O)[C@H](O)[C@H]3O)c(OC)c2)ccc1O. The lowest BCUT2D eigenvalue weighted by Gasteiger charge is -2.45. The molecule has 0 saturated carbocycles. The maximum atomic E-state index is 11.0. The zero-order chi connectivity index (χ0) is 34.3. The van der Waals surface area contributed by atoms with Crippen LogP contribution in [0.25, 0.3) is 0 Å². The Labute approximate surface area is 275 Å². The van der Waals surface area contributed by atoms with Crippen molar-refractivity contribution < 1.29 is 78.7 Å². The van der Waals surface area contributed by atoms with Crippen molar-refractivity contribution in [2.45, 2.75) is 73.6 Å². The van der Waals surface area contributed by atoms with Crippen LogP contribution in [0.2, 0.25) is 0 Å². The van der Waals surface area contributed by atoms with Gasteiger partial charge in [-0.3, -0.25) is 0 Å². The van der Waals surface area contributed by atoms with Crippen molar-refractivity contribution in [3.05, 3.63) is 47.5 Å². The number of aliphatic hydroxyl groups is 7. The van der Waals surface area contributed by atoms with Gasteiger partial charge in [0.1, 0.15) is 42.7 Å². The second kappa shape index (κ2) is 14.6. The summed E-state index contributed by atoms with van der Waals surface area (Å²) in [4.78, 5) is 0. The van der Waals surface area contributed by atoms with Crippen molar-refractivity contribution in [1.82, 2.24) is 0 Å². The first-order chi connectivity index (χ1) is 23.1. The smallest absolute Gasteiger partial charge is 0.229 e. The first-order valence-corrected chi connectivity index (χ1v) is 15.6. The molecule has 16 heteroatoms. The van der Waals surface area contributed by atoms with Crippen LogP contribution in [0.5, 0.6) is 23.0 Å². The third-order valence-corrected chi connectivity index (χ3v) is 9.52. The van der Waals surface area contributed by atoms with Crippen LogP contribution in [0.4, 0.5) is 0 Å². The Bertz CT molecular complexity index is 1390. The third kappa shape index (κ3) is 6.44. The molecular formula is C32H42O16. The molecule has 0 unspecified atom stereocenters. The summed E-state index contributed by atoms with van der Waals surface area (Å²) in [5, 5.41) is 81.8. The quantitative estimate of drug-likeness (QED) is 0.142. The zero-order valence-electron chi connectivity index (χ0n) is 26.2. The summed E-state index contributed by atoms with van der Waals surface area (Å²) >= 11 is 0. The van der Waals surface area contributed by atoms with Crippen LogP contribution in [-0.2, 0) is 23.7 Å². The highest BCUT2D eigenvalue weighted by Crippen LogP contribution is 2.51. The van der Waals surface area contributed by atoms with E-state index in [-0.39, 0.29) is 41.3 Å². The fourth-order valence-corrected chi connectivity index (χ4v) is 6.82. The minimum absolute atomic E-state index is 0.00575. The highest BCUT2D eigenvalue weighted by Gasteiger charge is 2.52. The molecule has 266 valence electrons. The molecule has 6 rings (SSSR count). The van der Waals surface area contributed by atoms with E-state index in [0.29, 0.717) is 19.0 Å². The number of hydrogen-bond acceptors (Lipinski definition) is 16. The van der Waals surface area contributed by atoms with E-state index in [4.69, 9.17) is 37.9 Å². The standard InChI is InChI=1S/C32H42O16/c1-41-19-7-13(3-5-17(19)35)28-15-11-44-29(16(15)12-43-28)14-4-6-18(20(8-14)42-2)45-32-30(26(39)24(37)22(10-34)47-32)48-31-27(40)25(38)23(36)21(9-33)46-31/h3-8,15-16,21-40H,9-12H2,1-2H3/t15-,16-,21+,22+,23+,24+,25-,26-,27+,28+,29+,30+,31-,32+/m0/s1. The fourth-order valence-electron chi connectivity index (χ4n) is 6.82. The molecule has 4 saturated heterocycles. The van der Waals surface area contributed by atoms with Gasteiger partial charge >= 0.3 is 0 Å². The van der Waals surface area contributed by atoms with Crippen LogP contribution in [-0.4, -0.2) is 143 Å². The van der Waals surface area contributed by atoms with Gasteiger partial charge in [-0.15, -0.1) is 0 Å². The highest BCUT2D eigenvalue weighted by atomic mass is 16.8. The Hall–Kier alpha value is -2.84. The number of aliphatic hydroxyl groups excluding tert-OH is 7. The Morgan fingerprint density at radius 3 is 1.77 bits per heavy atom. The van der Waals surface area contributed by atoms with Gasteiger partial charge in [-0.05, 0) is 35.4 Å². The van der Waals surface area contributed by atoms with Crippen molar-refractivity contribution >= 4 is 0 Å². The van der Waals surface area contributed by atoms with Gasteiger partial charge in [0, 0.05) is 11.8 Å². The molecule has 0 aliphatic carbocycles. The van der Waals surface area contributed by atoms with Crippen molar-refractivity contribution in [2.75, 3.05) is 40.6 Å². The monoisotopic (exact) mass is 682 g/mol. The normalized spacial score (nSPS) is 39.6. The minimum atomic E-state index is -1.80. The topological polar surface area (TPSA) is 236 Å². The predicted octanol–water partition coefficient (Wildman–Crippen LogP) is -1.51. The van der Waals surface area contributed by atoms with Gasteiger partial charge < -0.3 is 78.7 Å². The number of phenols is 1. The number of rotatable bonds is 10. The molecule has 0 bridgehead atoms. The van der Waals surface area contributed by atoms with Gasteiger partial charge in [0.15, 0.2) is 35.4 Å². The van der Waals surface area contributed by atoms with Crippen LogP contribution in [0.15, 0.2) is 36.4 Å². The van der Waals surface area contributed by atoms with Crippen LogP contribution in [0, 0.1) is 11.8 Å². The summed E-state index contributed by atoms with van der Waals surface area (Å²) in [5.41, 5.74) is 1.64. The van der Waals surface area contributed by atoms with E-state index < -0.39 is 74.6 Å². The molecule has 0 radical (unpaired) electrons. The van der Waals surface area contributed by atoms with Crippen LogP contribution < -0.4 is 14.2 Å². The van der Waals surface area contributed by atoms with Crippen molar-refractivity contribution in [3.8, 4) is 23.0 Å². The molecule has 4 aliphatic rings. The van der Waals surface area contributed by atoms with Gasteiger partial charge in [-0.1, -0.05) is 12.1 Å². The second-order valence-corrected chi connectivity index (χ2v) is 12.3. The molecule has 14 atom stereocenters. The molecule has 4 aliphatic heterocycles. The Morgan fingerprint density at radius 1 is 0.646 bits per heavy atom. The summed E-state index contributed by atoms with van der Waals surface area (Å²) in [6.07, 6.45) is -16.5. The fraction of sp³-hybridized carbons (Fsp3) is 0.625. The number of aromatic hydroxyl groups is 1. The maximum absolute atomic E-state index is 11.0. The first-order valence-electron chi connectivity index (χ1n) is 15.6. The molecule has 8 N–H and O–H groups in total. The third-order valence-electron chi connectivity index (χ3n) is 9.52. The molecule has 0 amide bonds. The van der Waals surface area contributed by atoms with E-state index >= 15 is 0 Å². The molecule has 2 aromatic rings. The van der Waals surface area contributed by atoms with E-state index in [1.165, 1.54) is 14.2 Å². The first kappa shape index (κ1) is 35.0. The average molecular weight is 683 g/mol. The lowest BCUT2D eigenvalue weighted by Crippen LogP contribution is -2.65. The van der Waals surface area contributed by atoms with E-state index in [1.54, 1.807) is 36.4 Å². The molecule has 4 heterocycles. The van der Waals surface area contributed by atoms with Gasteiger partial charge in [0.05, 0.1) is 52.9 Å². The van der Waals surface area contributed by atoms with E-state index in [2.05, 4.69) is 0 Å². The molecular weight excluding hydrogens is 640 g/mol. The second-order valence-electron chi connectivity index (χ2n) is 12.3. The van der Waals surface area contributed by atoms with Crippen molar-refractivity contribution in [3.63, 3.8) is 0 Å². The summed E-state index contributed by atoms with van der Waals surface area (Å²) in [6, 6.07) is 10.2. The number of benzene rings is 2. The average Bonchev–Trinajstić information content (AvgIpc) is 3.71. The van der Waals surface area contributed by atoms with Crippen LogP contribution >= 0.6 is 0 Å². The Morgan fingerprint density at radius 2 is 1.19 bits per heavy atom. The Kier molecular flexibility index (Phi) is 10.6. The maximum Gasteiger partial charge on any atom is 0.229 e. The molecule has 16 nitrogen and oxygen atoms in total. The number of ether oxygens (including phenoxy) is 8. The summed E-state index contributed by atoms with van der Waals surface area (Å²) in [6.45, 7) is -0.529. The molecule has 48 heavy (non-hydrogen) atoms. The van der Waals surface area contributed by atoms with Gasteiger partial charge in [0.2, 0.25) is 6.29 Å². The lowest BCUT2D eigenvalue weighted by molar-refractivity contribution is -0.357. The van der Waals surface area contributed by atoms with Crippen LogP contribution in [0.1, 0.15) is 23.3 Å². The van der Waals surface area contributed by atoms with Crippen molar-refractivity contribution in [2.24, 2.45) is 11.8 Å². The number of phenolic OH excluding ortho intramolecular Hbond substituents is 1. The van der Waals surface area contributed by atoms with Gasteiger partial charge in [0.25, 0.3) is 0 Å². The molecule has 0 aromatic heterocycles. The number of methoxy groups -OCH3 is 2. The molecule has 0 spiro atoms. The predicted molar refractivity (Wildman–Crippen MR) is 159 cm³/mol. The van der Waals surface area contributed by atoms with Gasteiger partial charge in [-0.25, -0.2) is 0 Å². The van der Waals surface area contributed by atoms with Gasteiger partial charge in [-0.2, -0.15) is 0 Å². The lowest BCUT2D eigenvalue weighted by atomic mass is 9.85. The minimum Gasteiger partial charge on any atom is -0.504 e. The van der Waals surface area contributed by atoms with Crippen molar-refractivity contribution in [1.29, 1.82) is 0 Å². The highest BCUT2D eigenvalue weighted by molar-refractivity contribution is 5.45. The van der Waals surface area contributed by atoms with Crippen LogP contribution in [0.3, 0.4) is 0 Å². The Balaban J connectivity index is 1.20. The summed E-state index contributed by atoms with van der Waals surface area (Å²) in [5.74, 6) is 0.825. The van der Waals surface area contributed by atoms with E-state index in [9.17, 15) is 40.9 Å². The van der Waals surface area contributed by atoms with E-state index in [1.807, 2.05) is 0 Å². The number of fused-ring (bicyclic) bond motifs is 1. The number of hydrogen-bond donors (Lipinski definition) is 8. The molecule has 2 aromatic carbocycles. The summed E-state index contributed by atoms with van der Waals surface area (Å²) in [7, 11) is 2.91. The van der Waals surface area contributed by atoms with E-state index in [0.717, 1.165) is 11.1 Å².